The van der Waals surface area contributed by atoms with Crippen molar-refractivity contribution >= 4 is 29.1 Å². The lowest BCUT2D eigenvalue weighted by Crippen LogP contribution is -2.28. The van der Waals surface area contributed by atoms with E-state index in [-0.39, 0.29) is 23.2 Å². The van der Waals surface area contributed by atoms with E-state index in [4.69, 9.17) is 17.3 Å². The molecule has 0 unspecified atom stereocenters. The van der Waals surface area contributed by atoms with Gasteiger partial charge in [-0.05, 0) is 18.1 Å². The van der Waals surface area contributed by atoms with E-state index < -0.39 is 5.91 Å². The molecule has 0 radical (unpaired) electrons. The summed E-state index contributed by atoms with van der Waals surface area (Å²) in [6, 6.07) is 5.46. The third kappa shape index (κ3) is 4.55. The van der Waals surface area contributed by atoms with E-state index in [0.717, 1.165) is 12.2 Å². The highest BCUT2D eigenvalue weighted by molar-refractivity contribution is 6.32. The van der Waals surface area contributed by atoms with E-state index in [1.54, 1.807) is 12.3 Å². The number of carbonyl (C=O) groups excluding carboxylic acids is 1. The molecule has 0 aliphatic rings. The minimum atomic E-state index is -0.439. The molecule has 0 atom stereocenters. The molecule has 3 N–H and O–H groups in total. The summed E-state index contributed by atoms with van der Waals surface area (Å²) in [4.78, 5) is 26.6. The van der Waals surface area contributed by atoms with Crippen LogP contribution in [0.15, 0.2) is 24.4 Å². The van der Waals surface area contributed by atoms with Gasteiger partial charge in [-0.25, -0.2) is 9.97 Å². The summed E-state index contributed by atoms with van der Waals surface area (Å²) in [7, 11) is 1.86. The molecular weight excluding hydrogens is 328 g/mol. The monoisotopic (exact) mass is 348 g/mol. The van der Waals surface area contributed by atoms with Crippen molar-refractivity contribution in [2.75, 3.05) is 24.2 Å². The first-order valence-corrected chi connectivity index (χ1v) is 7.98. The van der Waals surface area contributed by atoms with Crippen LogP contribution in [-0.4, -0.2) is 34.5 Å². The SMILES string of the molecule is CC(C)CN(C)c1nc(N)c(C(=O)NCc2ccccn2)nc1Cl. The number of amides is 1. The number of carbonyl (C=O) groups is 1. The van der Waals surface area contributed by atoms with E-state index in [0.29, 0.717) is 11.7 Å². The molecule has 2 aromatic rings. The van der Waals surface area contributed by atoms with Crippen molar-refractivity contribution in [3.8, 4) is 0 Å². The lowest BCUT2D eigenvalue weighted by atomic mass is 10.2. The second-order valence-corrected chi connectivity index (χ2v) is 6.21. The molecule has 2 rings (SSSR count). The van der Waals surface area contributed by atoms with Crippen LogP contribution < -0.4 is 16.0 Å². The smallest absolute Gasteiger partial charge is 0.274 e. The Kier molecular flexibility index (Phi) is 5.92. The van der Waals surface area contributed by atoms with Gasteiger partial charge in [0.1, 0.15) is 0 Å². The zero-order chi connectivity index (χ0) is 17.7. The number of rotatable bonds is 6. The van der Waals surface area contributed by atoms with Crippen LogP contribution in [0.1, 0.15) is 30.0 Å². The van der Waals surface area contributed by atoms with E-state index in [1.165, 1.54) is 0 Å². The summed E-state index contributed by atoms with van der Waals surface area (Å²) < 4.78 is 0. The maximum atomic E-state index is 12.3. The van der Waals surface area contributed by atoms with Gasteiger partial charge in [-0.3, -0.25) is 9.78 Å². The van der Waals surface area contributed by atoms with Gasteiger partial charge in [0.15, 0.2) is 22.5 Å². The van der Waals surface area contributed by atoms with Crippen LogP contribution in [-0.2, 0) is 6.54 Å². The number of halogens is 1. The summed E-state index contributed by atoms with van der Waals surface area (Å²) in [6.07, 6.45) is 1.66. The average molecular weight is 349 g/mol. The molecule has 0 fully saturated rings. The first kappa shape index (κ1) is 17.9. The number of pyridine rings is 1. The van der Waals surface area contributed by atoms with E-state index in [9.17, 15) is 4.79 Å². The molecule has 0 aliphatic carbocycles. The normalized spacial score (nSPS) is 10.7. The van der Waals surface area contributed by atoms with E-state index in [1.807, 2.05) is 24.1 Å². The van der Waals surface area contributed by atoms with Crippen LogP contribution >= 0.6 is 11.6 Å². The Labute approximate surface area is 146 Å². The molecule has 0 saturated heterocycles. The van der Waals surface area contributed by atoms with Crippen LogP contribution in [0.25, 0.3) is 0 Å². The van der Waals surface area contributed by atoms with Gasteiger partial charge in [0.05, 0.1) is 12.2 Å². The first-order valence-electron chi connectivity index (χ1n) is 7.60. The van der Waals surface area contributed by atoms with Gasteiger partial charge in [-0.2, -0.15) is 0 Å². The summed E-state index contributed by atoms with van der Waals surface area (Å²) in [5.41, 5.74) is 6.64. The van der Waals surface area contributed by atoms with E-state index in [2.05, 4.69) is 34.1 Å². The summed E-state index contributed by atoms with van der Waals surface area (Å²) in [6.45, 7) is 5.19. The third-order valence-corrected chi connectivity index (χ3v) is 3.49. The molecule has 128 valence electrons. The van der Waals surface area contributed by atoms with Crippen LogP contribution in [0.3, 0.4) is 0 Å². The molecule has 1 amide bonds. The topological polar surface area (TPSA) is 97.0 Å². The molecule has 0 spiro atoms. The molecule has 2 heterocycles. The molecule has 0 saturated carbocycles. The highest BCUT2D eigenvalue weighted by Crippen LogP contribution is 2.24. The minimum Gasteiger partial charge on any atom is -0.382 e. The largest absolute Gasteiger partial charge is 0.382 e. The quantitative estimate of drug-likeness (QED) is 0.830. The number of anilines is 2. The van der Waals surface area contributed by atoms with Crippen molar-refractivity contribution in [3.05, 3.63) is 40.9 Å². The lowest BCUT2D eigenvalue weighted by Gasteiger charge is -2.21. The van der Waals surface area contributed by atoms with Crippen molar-refractivity contribution in [3.63, 3.8) is 0 Å². The van der Waals surface area contributed by atoms with Gasteiger partial charge in [-0.1, -0.05) is 31.5 Å². The predicted molar refractivity (Wildman–Crippen MR) is 95.0 cm³/mol. The Balaban J connectivity index is 2.13. The van der Waals surface area contributed by atoms with Crippen molar-refractivity contribution in [1.29, 1.82) is 0 Å². The van der Waals surface area contributed by atoms with Crippen LogP contribution in [0.4, 0.5) is 11.6 Å². The van der Waals surface area contributed by atoms with Gasteiger partial charge in [0, 0.05) is 19.8 Å². The van der Waals surface area contributed by atoms with Crippen molar-refractivity contribution in [2.24, 2.45) is 5.92 Å². The minimum absolute atomic E-state index is 0.0117. The average Bonchev–Trinajstić information content (AvgIpc) is 2.54. The van der Waals surface area contributed by atoms with Gasteiger partial charge in [0.25, 0.3) is 5.91 Å². The van der Waals surface area contributed by atoms with Gasteiger partial charge in [0.2, 0.25) is 0 Å². The summed E-state index contributed by atoms with van der Waals surface area (Å²) in [5.74, 6) is 0.494. The van der Waals surface area contributed by atoms with Gasteiger partial charge >= 0.3 is 0 Å². The molecule has 2 aromatic heterocycles. The number of nitrogens with zero attached hydrogens (tertiary/aromatic N) is 4. The fraction of sp³-hybridized carbons (Fsp3) is 0.375. The Hall–Kier alpha value is -2.41. The van der Waals surface area contributed by atoms with Crippen molar-refractivity contribution < 1.29 is 4.79 Å². The predicted octanol–water partition coefficient (Wildman–Crippen LogP) is 2.13. The molecule has 7 nitrogen and oxygen atoms in total. The number of nitrogen functional groups attached to an aromatic ring is 1. The second-order valence-electron chi connectivity index (χ2n) is 5.85. The molecule has 0 aliphatic heterocycles. The molecule has 0 bridgehead atoms. The Morgan fingerprint density at radius 1 is 1.38 bits per heavy atom. The maximum absolute atomic E-state index is 12.3. The second kappa shape index (κ2) is 7.92. The molecule has 24 heavy (non-hydrogen) atoms. The first-order chi connectivity index (χ1) is 11.4. The molecular formula is C16H21ClN6O. The highest BCUT2D eigenvalue weighted by Gasteiger charge is 2.19. The van der Waals surface area contributed by atoms with Crippen molar-refractivity contribution in [1.82, 2.24) is 20.3 Å². The number of nitrogens with two attached hydrogens (primary N) is 1. The summed E-state index contributed by atoms with van der Waals surface area (Å²) >= 11 is 6.18. The summed E-state index contributed by atoms with van der Waals surface area (Å²) in [5, 5.41) is 2.86. The van der Waals surface area contributed by atoms with E-state index >= 15 is 0 Å². The standard InChI is InChI=1S/C16H21ClN6O/c1-10(2)9-23(3)15-13(17)21-12(14(18)22-15)16(24)20-8-11-6-4-5-7-19-11/h4-7,10H,8-9H2,1-3H3,(H2,18,22)(H,20,24). The number of hydrogen-bond acceptors (Lipinski definition) is 6. The third-order valence-electron chi connectivity index (χ3n) is 3.24. The molecule has 0 aromatic carbocycles. The van der Waals surface area contributed by atoms with Gasteiger partial charge in [-0.15, -0.1) is 0 Å². The highest BCUT2D eigenvalue weighted by atomic mass is 35.5. The number of nitrogens with one attached hydrogen (secondary N) is 1. The molecule has 8 heteroatoms. The Morgan fingerprint density at radius 3 is 2.75 bits per heavy atom. The van der Waals surface area contributed by atoms with Crippen LogP contribution in [0.2, 0.25) is 5.15 Å². The Morgan fingerprint density at radius 2 is 2.12 bits per heavy atom. The number of hydrogen-bond donors (Lipinski definition) is 2. The zero-order valence-electron chi connectivity index (χ0n) is 14.0. The van der Waals surface area contributed by atoms with Gasteiger partial charge < -0.3 is 16.0 Å². The van der Waals surface area contributed by atoms with Crippen molar-refractivity contribution in [2.45, 2.75) is 20.4 Å². The fourth-order valence-electron chi connectivity index (χ4n) is 2.22. The Bertz CT molecular complexity index is 707. The van der Waals surface area contributed by atoms with Crippen LogP contribution in [0, 0.1) is 5.92 Å². The van der Waals surface area contributed by atoms with Crippen LogP contribution in [0.5, 0.6) is 0 Å². The maximum Gasteiger partial charge on any atom is 0.274 e. The zero-order valence-corrected chi connectivity index (χ0v) is 14.7. The number of aromatic nitrogens is 3. The fourth-order valence-corrected chi connectivity index (χ4v) is 2.49. The lowest BCUT2D eigenvalue weighted by molar-refractivity contribution is 0.0946.